The normalized spacial score (nSPS) is 14.5. The second-order valence-electron chi connectivity index (χ2n) is 16.1. The van der Waals surface area contributed by atoms with E-state index >= 15 is 0 Å². The van der Waals surface area contributed by atoms with E-state index in [-0.39, 0.29) is 19.1 Å². The van der Waals surface area contributed by atoms with Crippen LogP contribution in [-0.2, 0) is 18.4 Å². The summed E-state index contributed by atoms with van der Waals surface area (Å²) in [5.41, 5.74) is 0. The summed E-state index contributed by atoms with van der Waals surface area (Å²) >= 11 is 0. The molecule has 2 N–H and O–H groups in total. The highest BCUT2D eigenvalue weighted by atomic mass is 31.2. The van der Waals surface area contributed by atoms with Gasteiger partial charge in [0.05, 0.1) is 39.9 Å². The summed E-state index contributed by atoms with van der Waals surface area (Å²) in [6, 6.07) is -0.791. The molecule has 9 heteroatoms. The Morgan fingerprint density at radius 3 is 1.36 bits per heavy atom. The van der Waals surface area contributed by atoms with Crippen LogP contribution in [0.3, 0.4) is 0 Å². The van der Waals surface area contributed by atoms with Crippen LogP contribution in [0, 0.1) is 0 Å². The smallest absolute Gasteiger partial charge is 0.268 e. The lowest BCUT2D eigenvalue weighted by atomic mass is 10.0. The SMILES string of the molecule is CCCCCCCCCCCCCCCCCCCCCC(O)C(COP(=O)([O-])OCC[N+](C)(C)C)NC(=O)CCCCCCCCCCC. The zero-order valence-electron chi connectivity index (χ0n) is 33.9. The van der Waals surface area contributed by atoms with Gasteiger partial charge in [-0.1, -0.05) is 187 Å². The Morgan fingerprint density at radius 2 is 0.980 bits per heavy atom. The van der Waals surface area contributed by atoms with Crippen LogP contribution in [0.25, 0.3) is 0 Å². The van der Waals surface area contributed by atoms with Crippen LogP contribution in [0.1, 0.15) is 206 Å². The fourth-order valence-corrected chi connectivity index (χ4v) is 7.12. The van der Waals surface area contributed by atoms with Crippen molar-refractivity contribution in [1.82, 2.24) is 5.32 Å². The highest BCUT2D eigenvalue weighted by Crippen LogP contribution is 2.38. The number of hydrogen-bond donors (Lipinski definition) is 2. The first-order valence-corrected chi connectivity index (χ1v) is 22.8. The molecule has 0 aliphatic heterocycles. The van der Waals surface area contributed by atoms with Gasteiger partial charge in [-0.25, -0.2) is 0 Å². The molecule has 0 rings (SSSR count). The second kappa shape index (κ2) is 34.3. The number of nitrogens with zero attached hydrogens (tertiary/aromatic N) is 1. The average molecular weight is 733 g/mol. The van der Waals surface area contributed by atoms with Crippen molar-refractivity contribution in [2.75, 3.05) is 40.9 Å². The molecule has 3 unspecified atom stereocenters. The predicted molar refractivity (Wildman–Crippen MR) is 210 cm³/mol. The number of aliphatic hydroxyl groups excluding tert-OH is 1. The van der Waals surface area contributed by atoms with Gasteiger partial charge in [-0.15, -0.1) is 0 Å². The lowest BCUT2D eigenvalue weighted by Crippen LogP contribution is -2.46. The van der Waals surface area contributed by atoms with Crippen molar-refractivity contribution >= 4 is 13.7 Å². The van der Waals surface area contributed by atoms with Crippen molar-refractivity contribution in [3.05, 3.63) is 0 Å². The van der Waals surface area contributed by atoms with E-state index in [2.05, 4.69) is 19.2 Å². The highest BCUT2D eigenvalue weighted by Gasteiger charge is 2.24. The van der Waals surface area contributed by atoms with Gasteiger partial charge in [-0.3, -0.25) is 9.36 Å². The number of carbonyl (C=O) groups excluding carboxylic acids is 1. The molecule has 3 atom stereocenters. The summed E-state index contributed by atoms with van der Waals surface area (Å²) in [5, 5.41) is 13.9. The Hall–Kier alpha value is -0.500. The lowest BCUT2D eigenvalue weighted by molar-refractivity contribution is -0.870. The van der Waals surface area contributed by atoms with Gasteiger partial charge in [0.1, 0.15) is 13.2 Å². The highest BCUT2D eigenvalue weighted by molar-refractivity contribution is 7.45. The number of rotatable bonds is 39. The summed E-state index contributed by atoms with van der Waals surface area (Å²) in [6.45, 7) is 4.71. The quantitative estimate of drug-likeness (QED) is 0.0370. The molecule has 0 fully saturated rings. The summed E-state index contributed by atoms with van der Waals surface area (Å²) in [4.78, 5) is 25.2. The van der Waals surface area contributed by atoms with Gasteiger partial charge in [-0.2, -0.15) is 0 Å². The van der Waals surface area contributed by atoms with Gasteiger partial charge in [0.2, 0.25) is 5.91 Å². The van der Waals surface area contributed by atoms with E-state index in [1.807, 2.05) is 21.1 Å². The van der Waals surface area contributed by atoms with Gasteiger partial charge in [0.15, 0.2) is 0 Å². The van der Waals surface area contributed by atoms with E-state index in [0.29, 0.717) is 23.9 Å². The number of amides is 1. The molecule has 0 bridgehead atoms. The molecular formula is C41H85N2O6P. The molecule has 0 saturated heterocycles. The number of hydrogen-bond acceptors (Lipinski definition) is 6. The first-order chi connectivity index (χ1) is 24.0. The van der Waals surface area contributed by atoms with Crippen LogP contribution in [0.2, 0.25) is 0 Å². The molecule has 0 aliphatic rings. The van der Waals surface area contributed by atoms with Gasteiger partial charge >= 0.3 is 0 Å². The van der Waals surface area contributed by atoms with Crippen LogP contribution in [-0.4, -0.2) is 68.5 Å². The summed E-state index contributed by atoms with van der Waals surface area (Å²) in [5.74, 6) is -0.166. The number of carbonyl (C=O) groups is 1. The third kappa shape index (κ3) is 35.9. The molecule has 50 heavy (non-hydrogen) atoms. The molecule has 0 aliphatic carbocycles. The Bertz CT molecular complexity index is 794. The largest absolute Gasteiger partial charge is 0.756 e. The van der Waals surface area contributed by atoms with Crippen molar-refractivity contribution in [3.8, 4) is 0 Å². The van der Waals surface area contributed by atoms with E-state index in [1.165, 1.54) is 141 Å². The summed E-state index contributed by atoms with van der Waals surface area (Å²) in [7, 11) is 1.31. The third-order valence-electron chi connectivity index (χ3n) is 9.85. The molecular weight excluding hydrogens is 647 g/mol. The maximum Gasteiger partial charge on any atom is 0.268 e. The Labute approximate surface area is 310 Å². The Morgan fingerprint density at radius 1 is 0.620 bits per heavy atom. The van der Waals surface area contributed by atoms with E-state index in [4.69, 9.17) is 9.05 Å². The van der Waals surface area contributed by atoms with Crippen LogP contribution < -0.4 is 10.2 Å². The molecule has 300 valence electrons. The first kappa shape index (κ1) is 49.5. The van der Waals surface area contributed by atoms with Crippen LogP contribution in [0.15, 0.2) is 0 Å². The zero-order chi connectivity index (χ0) is 37.2. The minimum atomic E-state index is -4.55. The first-order valence-electron chi connectivity index (χ1n) is 21.4. The minimum absolute atomic E-state index is 0.0157. The molecule has 0 heterocycles. The number of phosphoric acid groups is 1. The van der Waals surface area contributed by atoms with E-state index in [1.54, 1.807) is 0 Å². The van der Waals surface area contributed by atoms with Gasteiger partial charge in [0, 0.05) is 6.42 Å². The molecule has 0 spiro atoms. The van der Waals surface area contributed by atoms with Crippen molar-refractivity contribution < 1.29 is 32.9 Å². The Kier molecular flexibility index (Phi) is 33.9. The molecule has 0 saturated carbocycles. The topological polar surface area (TPSA) is 108 Å². The van der Waals surface area contributed by atoms with E-state index in [9.17, 15) is 19.4 Å². The number of aliphatic hydroxyl groups is 1. The Balaban J connectivity index is 4.27. The van der Waals surface area contributed by atoms with Gasteiger partial charge in [-0.05, 0) is 12.8 Å². The van der Waals surface area contributed by atoms with Crippen molar-refractivity contribution in [2.24, 2.45) is 0 Å². The standard InChI is InChI=1S/C41H85N2O6P/c1-6-8-10-12-14-16-17-18-19-20-21-22-23-24-25-27-28-30-32-34-40(44)39(38-49-50(46,47)48-37-36-43(3,4)5)42-41(45)35-33-31-29-26-15-13-11-9-7-2/h39-40,44H,6-38H2,1-5H3,(H-,42,45,46,47). The summed E-state index contributed by atoms with van der Waals surface area (Å²) < 4.78 is 23.2. The maximum atomic E-state index is 12.8. The monoisotopic (exact) mass is 733 g/mol. The van der Waals surface area contributed by atoms with E-state index in [0.717, 1.165) is 38.5 Å². The van der Waals surface area contributed by atoms with Crippen LogP contribution >= 0.6 is 7.82 Å². The fourth-order valence-electron chi connectivity index (χ4n) is 6.39. The lowest BCUT2D eigenvalue weighted by Gasteiger charge is -2.30. The molecule has 0 aromatic rings. The number of phosphoric ester groups is 1. The predicted octanol–water partition coefficient (Wildman–Crippen LogP) is 10.8. The maximum absolute atomic E-state index is 12.8. The number of nitrogens with one attached hydrogen (secondary N) is 1. The molecule has 0 aromatic carbocycles. The fraction of sp³-hybridized carbons (Fsp3) is 0.976. The average Bonchev–Trinajstić information content (AvgIpc) is 3.06. The van der Waals surface area contributed by atoms with Gasteiger partial charge in [0.25, 0.3) is 7.82 Å². The van der Waals surface area contributed by atoms with Crippen molar-refractivity contribution in [1.29, 1.82) is 0 Å². The second-order valence-corrected chi connectivity index (χ2v) is 17.5. The van der Waals surface area contributed by atoms with Gasteiger partial charge < -0.3 is 28.8 Å². The number of likely N-dealkylation sites (N-methyl/N-ethyl adjacent to an activating group) is 1. The zero-order valence-corrected chi connectivity index (χ0v) is 34.8. The molecule has 8 nitrogen and oxygen atoms in total. The van der Waals surface area contributed by atoms with Crippen LogP contribution in [0.5, 0.6) is 0 Å². The molecule has 1 amide bonds. The summed E-state index contributed by atoms with van der Waals surface area (Å²) in [6.07, 6.45) is 35.4. The number of unbranched alkanes of at least 4 members (excludes halogenated alkanes) is 26. The number of quaternary nitrogens is 1. The third-order valence-corrected chi connectivity index (χ3v) is 10.8. The van der Waals surface area contributed by atoms with Crippen molar-refractivity contribution in [3.63, 3.8) is 0 Å². The molecule has 0 radical (unpaired) electrons. The van der Waals surface area contributed by atoms with Crippen molar-refractivity contribution in [2.45, 2.75) is 219 Å². The van der Waals surface area contributed by atoms with E-state index < -0.39 is 20.0 Å². The molecule has 0 aromatic heterocycles. The van der Waals surface area contributed by atoms with Crippen LogP contribution in [0.4, 0.5) is 0 Å². The minimum Gasteiger partial charge on any atom is -0.756 e.